The van der Waals surface area contributed by atoms with Gasteiger partial charge in [0.05, 0.1) is 32.0 Å². The molecule has 1 saturated heterocycles. The van der Waals surface area contributed by atoms with Crippen LogP contribution in [-0.4, -0.2) is 55.7 Å². The molecule has 1 aliphatic heterocycles. The van der Waals surface area contributed by atoms with E-state index in [1.165, 1.54) is 0 Å². The highest BCUT2D eigenvalue weighted by atomic mass is 79.9. The van der Waals surface area contributed by atoms with Gasteiger partial charge in [-0.05, 0) is 25.1 Å². The highest BCUT2D eigenvalue weighted by Crippen LogP contribution is 2.26. The average Bonchev–Trinajstić information content (AvgIpc) is 2.52. The van der Waals surface area contributed by atoms with Gasteiger partial charge in [0.1, 0.15) is 11.5 Å². The number of methoxy groups -OCH3 is 2. The van der Waals surface area contributed by atoms with E-state index in [4.69, 9.17) is 14.2 Å². The minimum Gasteiger partial charge on any atom is -0.497 e. The molecule has 0 aromatic heterocycles. The van der Waals surface area contributed by atoms with Crippen molar-refractivity contribution in [2.75, 3.05) is 32.6 Å². The maximum absolute atomic E-state index is 12.8. The van der Waals surface area contributed by atoms with Crippen LogP contribution in [0.3, 0.4) is 0 Å². The van der Waals surface area contributed by atoms with Crippen LogP contribution in [0.15, 0.2) is 18.2 Å². The first-order valence-corrected chi connectivity index (χ1v) is 7.94. The van der Waals surface area contributed by atoms with Crippen molar-refractivity contribution in [3.63, 3.8) is 0 Å². The molecule has 0 bridgehead atoms. The quantitative estimate of drug-likeness (QED) is 0.776. The van der Waals surface area contributed by atoms with Crippen LogP contribution in [0.1, 0.15) is 17.3 Å². The summed E-state index contributed by atoms with van der Waals surface area (Å²) in [5.41, 5.74) is 0.513. The zero-order valence-electron chi connectivity index (χ0n) is 12.5. The Hall–Kier alpha value is -1.27. The van der Waals surface area contributed by atoms with Crippen molar-refractivity contribution in [2.24, 2.45) is 0 Å². The second kappa shape index (κ2) is 7.13. The van der Waals surface area contributed by atoms with Crippen LogP contribution in [0.4, 0.5) is 0 Å². The summed E-state index contributed by atoms with van der Waals surface area (Å²) in [7, 11) is 3.13. The number of halogens is 1. The van der Waals surface area contributed by atoms with Crippen LogP contribution in [-0.2, 0) is 4.74 Å². The van der Waals surface area contributed by atoms with Gasteiger partial charge in [-0.2, -0.15) is 0 Å². The van der Waals surface area contributed by atoms with E-state index in [-0.39, 0.29) is 18.1 Å². The Balaban J connectivity index is 2.26. The number of rotatable bonds is 4. The second-order valence-electron chi connectivity index (χ2n) is 5.00. The number of hydrogen-bond donors (Lipinski definition) is 0. The molecule has 0 aliphatic carbocycles. The summed E-state index contributed by atoms with van der Waals surface area (Å²) >= 11 is 3.41. The SMILES string of the molecule is COc1ccc(OC)c(C(=O)N2CC(C)OC(CBr)C2)c1. The van der Waals surface area contributed by atoms with E-state index in [1.807, 2.05) is 6.92 Å². The molecule has 2 atom stereocenters. The third kappa shape index (κ3) is 3.68. The van der Waals surface area contributed by atoms with Crippen LogP contribution in [0.25, 0.3) is 0 Å². The lowest BCUT2D eigenvalue weighted by molar-refractivity contribution is -0.0560. The predicted octanol–water partition coefficient (Wildman–Crippen LogP) is 2.33. The number of morpholine rings is 1. The average molecular weight is 358 g/mol. The standard InChI is InChI=1S/C15H20BrNO4/c1-10-8-17(9-12(7-16)21-10)15(18)13-6-11(19-2)4-5-14(13)20-3/h4-6,10,12H,7-9H2,1-3H3. The van der Waals surface area contributed by atoms with Gasteiger partial charge >= 0.3 is 0 Å². The molecule has 0 saturated carbocycles. The number of nitrogens with zero attached hydrogens (tertiary/aromatic N) is 1. The zero-order valence-corrected chi connectivity index (χ0v) is 14.1. The molecule has 0 radical (unpaired) electrons. The van der Waals surface area contributed by atoms with E-state index < -0.39 is 0 Å². The van der Waals surface area contributed by atoms with Crippen molar-refractivity contribution >= 4 is 21.8 Å². The largest absolute Gasteiger partial charge is 0.497 e. The number of ether oxygens (including phenoxy) is 3. The fourth-order valence-corrected chi connectivity index (χ4v) is 2.81. The van der Waals surface area contributed by atoms with Crippen molar-refractivity contribution in [3.8, 4) is 11.5 Å². The lowest BCUT2D eigenvalue weighted by Gasteiger charge is -2.36. The number of hydrogen-bond acceptors (Lipinski definition) is 4. The van der Waals surface area contributed by atoms with E-state index in [1.54, 1.807) is 37.3 Å². The maximum atomic E-state index is 12.8. The van der Waals surface area contributed by atoms with E-state index >= 15 is 0 Å². The topological polar surface area (TPSA) is 48.0 Å². The predicted molar refractivity (Wildman–Crippen MR) is 83.6 cm³/mol. The van der Waals surface area contributed by atoms with Crippen LogP contribution in [0, 0.1) is 0 Å². The molecule has 21 heavy (non-hydrogen) atoms. The van der Waals surface area contributed by atoms with Gasteiger partial charge in [0.15, 0.2) is 0 Å². The van der Waals surface area contributed by atoms with Gasteiger partial charge in [-0.15, -0.1) is 0 Å². The molecule has 116 valence electrons. The normalized spacial score (nSPS) is 22.0. The van der Waals surface area contributed by atoms with Gasteiger partial charge in [0.25, 0.3) is 5.91 Å². The molecular formula is C15H20BrNO4. The smallest absolute Gasteiger partial charge is 0.257 e. The van der Waals surface area contributed by atoms with Gasteiger partial charge in [0.2, 0.25) is 0 Å². The van der Waals surface area contributed by atoms with Gasteiger partial charge in [-0.1, -0.05) is 15.9 Å². The summed E-state index contributed by atoms with van der Waals surface area (Å²) in [6.45, 7) is 3.11. The van der Waals surface area contributed by atoms with E-state index in [0.717, 1.165) is 0 Å². The molecule has 5 nitrogen and oxygen atoms in total. The summed E-state index contributed by atoms with van der Waals surface area (Å²) in [6, 6.07) is 5.24. The molecular weight excluding hydrogens is 338 g/mol. The Kier molecular flexibility index (Phi) is 5.47. The number of carbonyl (C=O) groups is 1. The summed E-state index contributed by atoms with van der Waals surface area (Å²) in [6.07, 6.45) is 0.0242. The number of carbonyl (C=O) groups excluding carboxylic acids is 1. The van der Waals surface area contributed by atoms with Crippen molar-refractivity contribution in [2.45, 2.75) is 19.1 Å². The Labute approximate surface area is 133 Å². The molecule has 1 aliphatic rings. The zero-order chi connectivity index (χ0) is 15.4. The van der Waals surface area contributed by atoms with Crippen molar-refractivity contribution < 1.29 is 19.0 Å². The molecule has 0 N–H and O–H groups in total. The fourth-order valence-electron chi connectivity index (χ4n) is 2.45. The summed E-state index contributed by atoms with van der Waals surface area (Å²) in [4.78, 5) is 14.6. The van der Waals surface area contributed by atoms with Crippen molar-refractivity contribution in [3.05, 3.63) is 23.8 Å². The summed E-state index contributed by atoms with van der Waals surface area (Å²) < 4.78 is 16.2. The minimum atomic E-state index is -0.0631. The number of amides is 1. The third-order valence-electron chi connectivity index (χ3n) is 3.42. The van der Waals surface area contributed by atoms with Gasteiger partial charge in [-0.25, -0.2) is 0 Å². The van der Waals surface area contributed by atoms with Crippen molar-refractivity contribution in [1.82, 2.24) is 4.90 Å². The first-order valence-electron chi connectivity index (χ1n) is 6.81. The molecule has 1 heterocycles. The summed E-state index contributed by atoms with van der Waals surface area (Å²) in [5.74, 6) is 1.12. The van der Waals surface area contributed by atoms with E-state index in [2.05, 4.69) is 15.9 Å². The Bertz CT molecular complexity index is 508. The Morgan fingerprint density at radius 1 is 1.38 bits per heavy atom. The molecule has 1 aromatic rings. The van der Waals surface area contributed by atoms with Crippen LogP contribution in [0.5, 0.6) is 11.5 Å². The van der Waals surface area contributed by atoms with Gasteiger partial charge in [-0.3, -0.25) is 4.79 Å². The fraction of sp³-hybridized carbons (Fsp3) is 0.533. The lowest BCUT2D eigenvalue weighted by atomic mass is 10.1. The highest BCUT2D eigenvalue weighted by molar-refractivity contribution is 9.09. The molecule has 2 rings (SSSR count). The maximum Gasteiger partial charge on any atom is 0.257 e. The van der Waals surface area contributed by atoms with Gasteiger partial charge < -0.3 is 19.1 Å². The van der Waals surface area contributed by atoms with E-state index in [0.29, 0.717) is 35.5 Å². The first kappa shape index (κ1) is 16.1. The Morgan fingerprint density at radius 3 is 2.76 bits per heavy atom. The molecule has 1 aromatic carbocycles. The molecule has 0 spiro atoms. The number of benzene rings is 1. The van der Waals surface area contributed by atoms with Crippen LogP contribution in [0.2, 0.25) is 0 Å². The lowest BCUT2D eigenvalue weighted by Crippen LogP contribution is -2.49. The molecule has 1 fully saturated rings. The highest BCUT2D eigenvalue weighted by Gasteiger charge is 2.29. The number of alkyl halides is 1. The monoisotopic (exact) mass is 357 g/mol. The molecule has 2 unspecified atom stereocenters. The van der Waals surface area contributed by atoms with Crippen LogP contribution < -0.4 is 9.47 Å². The van der Waals surface area contributed by atoms with E-state index in [9.17, 15) is 4.79 Å². The third-order valence-corrected chi connectivity index (χ3v) is 4.14. The first-order chi connectivity index (χ1) is 10.1. The molecule has 6 heteroatoms. The Morgan fingerprint density at radius 2 is 2.14 bits per heavy atom. The van der Waals surface area contributed by atoms with Crippen molar-refractivity contribution in [1.29, 1.82) is 0 Å². The van der Waals surface area contributed by atoms with Crippen LogP contribution >= 0.6 is 15.9 Å². The minimum absolute atomic E-state index is 0.00861. The molecule has 1 amide bonds. The summed E-state index contributed by atoms with van der Waals surface area (Å²) in [5, 5.41) is 0.705. The van der Waals surface area contributed by atoms with Gasteiger partial charge in [0, 0.05) is 18.4 Å². The second-order valence-corrected chi connectivity index (χ2v) is 5.65.